The zero-order chi connectivity index (χ0) is 25.7. The number of pyridine rings is 2. The smallest absolute Gasteiger partial charge is 0.407 e. The molecule has 11 heteroatoms. The summed E-state index contributed by atoms with van der Waals surface area (Å²) in [6.45, 7) is 1.37. The number of carbonyl (C=O) groups is 2. The molecule has 0 radical (unpaired) electrons. The quantitative estimate of drug-likeness (QED) is 0.362. The number of nitrogens with zero attached hydrogens (tertiary/aromatic N) is 3. The van der Waals surface area contributed by atoms with Gasteiger partial charge in [0.1, 0.15) is 16.9 Å². The first-order valence-electron chi connectivity index (χ1n) is 11.0. The molecule has 2 aromatic heterocycles. The molecule has 3 aromatic rings. The van der Waals surface area contributed by atoms with E-state index in [0.29, 0.717) is 12.0 Å². The molecular weight excluding hydrogens is 459 g/mol. The number of hydrogen-bond acceptors (Lipinski definition) is 6. The van der Waals surface area contributed by atoms with E-state index in [4.69, 9.17) is 5.11 Å². The van der Waals surface area contributed by atoms with Crippen molar-refractivity contribution in [1.82, 2.24) is 19.8 Å². The van der Waals surface area contributed by atoms with Crippen LogP contribution in [0.25, 0.3) is 11.0 Å². The Bertz CT molecular complexity index is 1290. The van der Waals surface area contributed by atoms with Gasteiger partial charge in [-0.1, -0.05) is 12.1 Å². The Morgan fingerprint density at radius 2 is 1.91 bits per heavy atom. The van der Waals surface area contributed by atoms with Crippen LogP contribution in [0.5, 0.6) is 5.75 Å². The van der Waals surface area contributed by atoms with Crippen molar-refractivity contribution in [3.05, 3.63) is 69.4 Å². The van der Waals surface area contributed by atoms with Crippen LogP contribution in [-0.4, -0.2) is 68.0 Å². The predicted octanol–water partition coefficient (Wildman–Crippen LogP) is 1.94. The van der Waals surface area contributed by atoms with E-state index >= 15 is 0 Å². The summed E-state index contributed by atoms with van der Waals surface area (Å²) in [6.07, 6.45) is 1.03. The van der Waals surface area contributed by atoms with E-state index in [-0.39, 0.29) is 43.0 Å². The number of fused-ring (bicyclic) bond motifs is 1. The zero-order valence-electron chi connectivity index (χ0n) is 19.4. The van der Waals surface area contributed by atoms with Gasteiger partial charge in [0.15, 0.2) is 5.75 Å². The molecule has 0 aliphatic rings. The number of amides is 2. The van der Waals surface area contributed by atoms with E-state index in [1.54, 1.807) is 18.2 Å². The number of carbonyl (C=O) groups excluding carboxylic acids is 1. The van der Waals surface area contributed by atoms with E-state index in [2.05, 4.69) is 10.3 Å². The minimum atomic E-state index is -1.12. The van der Waals surface area contributed by atoms with Gasteiger partial charge >= 0.3 is 6.09 Å². The molecule has 2 heterocycles. The van der Waals surface area contributed by atoms with E-state index in [1.807, 2.05) is 0 Å². The van der Waals surface area contributed by atoms with Crippen LogP contribution in [0.2, 0.25) is 0 Å². The second kappa shape index (κ2) is 11.0. The van der Waals surface area contributed by atoms with Gasteiger partial charge in [0, 0.05) is 32.4 Å². The molecule has 0 spiro atoms. The summed E-state index contributed by atoms with van der Waals surface area (Å²) in [5.74, 6) is -1.80. The largest absolute Gasteiger partial charge is 0.505 e. The molecule has 1 aromatic carbocycles. The number of aromatic hydroxyl groups is 1. The average Bonchev–Trinajstić information content (AvgIpc) is 2.82. The molecule has 0 saturated heterocycles. The first kappa shape index (κ1) is 25.6. The molecule has 35 heavy (non-hydrogen) atoms. The molecular formula is C24H27FN4O6. The van der Waals surface area contributed by atoms with Gasteiger partial charge in [0.25, 0.3) is 11.5 Å². The third-order valence-electron chi connectivity index (χ3n) is 5.54. The maximum Gasteiger partial charge on any atom is 0.407 e. The zero-order valence-corrected chi connectivity index (χ0v) is 19.4. The van der Waals surface area contributed by atoms with Crippen LogP contribution in [0.1, 0.15) is 34.8 Å². The van der Waals surface area contributed by atoms with Gasteiger partial charge in [-0.3, -0.25) is 14.6 Å². The monoisotopic (exact) mass is 486 g/mol. The molecule has 1 atom stereocenters. The van der Waals surface area contributed by atoms with Crippen LogP contribution in [-0.2, 0) is 13.0 Å². The molecule has 0 aliphatic carbocycles. The summed E-state index contributed by atoms with van der Waals surface area (Å²) in [5, 5.41) is 31.5. The predicted molar refractivity (Wildman–Crippen MR) is 126 cm³/mol. The Hall–Kier alpha value is -3.99. The molecule has 1 unspecified atom stereocenters. The number of hydrogen-bond donors (Lipinski definition) is 4. The van der Waals surface area contributed by atoms with Crippen LogP contribution in [0.3, 0.4) is 0 Å². The second-order valence-electron chi connectivity index (χ2n) is 8.31. The average molecular weight is 487 g/mol. The van der Waals surface area contributed by atoms with Crippen molar-refractivity contribution in [2.24, 2.45) is 0 Å². The summed E-state index contributed by atoms with van der Waals surface area (Å²) in [6, 6.07) is 6.93. The maximum absolute atomic E-state index is 13.3. The Labute approximate surface area is 200 Å². The highest BCUT2D eigenvalue weighted by molar-refractivity contribution is 6.01. The highest BCUT2D eigenvalue weighted by Gasteiger charge is 2.24. The van der Waals surface area contributed by atoms with Crippen molar-refractivity contribution in [1.29, 1.82) is 0 Å². The standard InChI is InChI=1S/C24H27FN4O6/c1-14(13-30)27-22(32)19-21(31)20-18(29(23(19)33)9-3-8-28(2)24(34)35)11-16(12-26-20)10-15-4-6-17(25)7-5-15/h4-7,11-12,14,30-31H,3,8-10,13H2,1-2H3,(H,27,32)(H,34,35). The lowest BCUT2D eigenvalue weighted by molar-refractivity contribution is 0.0917. The van der Waals surface area contributed by atoms with Gasteiger partial charge in [-0.05, 0) is 49.1 Å². The van der Waals surface area contributed by atoms with Gasteiger partial charge in [-0.2, -0.15) is 0 Å². The van der Waals surface area contributed by atoms with Crippen LogP contribution in [0.15, 0.2) is 41.3 Å². The molecule has 10 nitrogen and oxygen atoms in total. The van der Waals surface area contributed by atoms with E-state index in [0.717, 1.165) is 10.5 Å². The lowest BCUT2D eigenvalue weighted by Gasteiger charge is -2.18. The first-order chi connectivity index (χ1) is 16.6. The lowest BCUT2D eigenvalue weighted by atomic mass is 10.0. The van der Waals surface area contributed by atoms with Crippen LogP contribution < -0.4 is 10.9 Å². The van der Waals surface area contributed by atoms with Crippen molar-refractivity contribution in [2.45, 2.75) is 32.4 Å². The minimum absolute atomic E-state index is 0.0286. The maximum atomic E-state index is 13.3. The number of halogens is 1. The number of aliphatic hydroxyl groups excluding tert-OH is 1. The van der Waals surface area contributed by atoms with Crippen LogP contribution in [0.4, 0.5) is 9.18 Å². The minimum Gasteiger partial charge on any atom is -0.505 e. The second-order valence-corrected chi connectivity index (χ2v) is 8.31. The highest BCUT2D eigenvalue weighted by Crippen LogP contribution is 2.26. The number of rotatable bonds is 9. The fraction of sp³-hybridized carbons (Fsp3) is 0.333. The van der Waals surface area contributed by atoms with E-state index in [9.17, 15) is 29.0 Å². The molecule has 4 N–H and O–H groups in total. The molecule has 0 aliphatic heterocycles. The van der Waals surface area contributed by atoms with Crippen molar-refractivity contribution in [2.75, 3.05) is 20.2 Å². The normalized spacial score (nSPS) is 11.9. The SMILES string of the molecule is CC(CO)NC(=O)c1c(O)c2ncc(Cc3ccc(F)cc3)cc2n(CCCN(C)C(=O)O)c1=O. The third-order valence-corrected chi connectivity index (χ3v) is 5.54. The third kappa shape index (κ3) is 5.93. The number of aryl methyl sites for hydroxylation is 1. The lowest BCUT2D eigenvalue weighted by Crippen LogP contribution is -2.39. The number of aliphatic hydroxyl groups is 1. The van der Waals surface area contributed by atoms with Gasteiger partial charge in [0.05, 0.1) is 12.1 Å². The Morgan fingerprint density at radius 3 is 2.54 bits per heavy atom. The number of aromatic nitrogens is 2. The molecule has 2 amide bonds. The van der Waals surface area contributed by atoms with Crippen LogP contribution >= 0.6 is 0 Å². The van der Waals surface area contributed by atoms with E-state index in [1.165, 1.54) is 36.9 Å². The van der Waals surface area contributed by atoms with Gasteiger partial charge < -0.3 is 30.1 Å². The van der Waals surface area contributed by atoms with Crippen molar-refractivity contribution in [3.8, 4) is 5.75 Å². The molecule has 186 valence electrons. The molecule has 3 rings (SSSR count). The van der Waals surface area contributed by atoms with E-state index < -0.39 is 34.9 Å². The Kier molecular flexibility index (Phi) is 8.02. The topological polar surface area (TPSA) is 145 Å². The van der Waals surface area contributed by atoms with Crippen LogP contribution in [0, 0.1) is 5.82 Å². The molecule has 0 saturated carbocycles. The van der Waals surface area contributed by atoms with Crippen molar-refractivity contribution < 1.29 is 29.3 Å². The highest BCUT2D eigenvalue weighted by atomic mass is 19.1. The van der Waals surface area contributed by atoms with Crippen molar-refractivity contribution in [3.63, 3.8) is 0 Å². The summed E-state index contributed by atoms with van der Waals surface area (Å²) in [4.78, 5) is 42.5. The summed E-state index contributed by atoms with van der Waals surface area (Å²) >= 11 is 0. The number of carboxylic acid groups (broad SMARTS) is 1. The summed E-state index contributed by atoms with van der Waals surface area (Å²) < 4.78 is 14.5. The molecule has 0 fully saturated rings. The van der Waals surface area contributed by atoms with Gasteiger partial charge in [-0.25, -0.2) is 9.18 Å². The first-order valence-corrected chi connectivity index (χ1v) is 11.0. The van der Waals surface area contributed by atoms with Gasteiger partial charge in [0.2, 0.25) is 0 Å². The fourth-order valence-electron chi connectivity index (χ4n) is 3.61. The number of nitrogens with one attached hydrogen (secondary N) is 1. The molecule has 0 bridgehead atoms. The fourth-order valence-corrected chi connectivity index (χ4v) is 3.61. The van der Waals surface area contributed by atoms with Gasteiger partial charge in [-0.15, -0.1) is 0 Å². The Morgan fingerprint density at radius 1 is 1.23 bits per heavy atom. The number of benzene rings is 1. The van der Waals surface area contributed by atoms with Crippen molar-refractivity contribution >= 4 is 23.0 Å². The Balaban J connectivity index is 2.08. The summed E-state index contributed by atoms with van der Waals surface area (Å²) in [7, 11) is 1.40. The summed E-state index contributed by atoms with van der Waals surface area (Å²) in [5.41, 5.74) is 0.519.